The minimum atomic E-state index is -0.0327. The van der Waals surface area contributed by atoms with Crippen LogP contribution in [0.5, 0.6) is 0 Å². The summed E-state index contributed by atoms with van der Waals surface area (Å²) in [7, 11) is 0. The van der Waals surface area contributed by atoms with E-state index in [1.54, 1.807) is 0 Å². The van der Waals surface area contributed by atoms with Crippen molar-refractivity contribution in [1.82, 2.24) is 14.9 Å². The molecular formula is C19H21N3O. The first kappa shape index (κ1) is 15.3. The molecule has 0 saturated heterocycles. The molecule has 1 aromatic heterocycles. The second-order valence-electron chi connectivity index (χ2n) is 5.61. The number of rotatable bonds is 5. The van der Waals surface area contributed by atoms with Crippen LogP contribution in [-0.4, -0.2) is 22.0 Å². The van der Waals surface area contributed by atoms with Crippen LogP contribution < -0.4 is 5.32 Å². The molecule has 0 aliphatic carbocycles. The highest BCUT2D eigenvalue weighted by Gasteiger charge is 2.08. The molecule has 23 heavy (non-hydrogen) atoms. The smallest absolute Gasteiger partial charge is 0.251 e. The Balaban J connectivity index is 1.64. The number of carbonyl (C=O) groups is 1. The Hall–Kier alpha value is -2.62. The number of aryl methyl sites for hydroxylation is 2. The molecule has 4 heteroatoms. The Morgan fingerprint density at radius 2 is 1.87 bits per heavy atom. The number of para-hydroxylation sites is 2. The highest BCUT2D eigenvalue weighted by Crippen LogP contribution is 2.14. The Labute approximate surface area is 136 Å². The van der Waals surface area contributed by atoms with E-state index in [2.05, 4.69) is 27.9 Å². The van der Waals surface area contributed by atoms with E-state index in [0.717, 1.165) is 23.3 Å². The van der Waals surface area contributed by atoms with E-state index in [1.807, 2.05) is 49.4 Å². The quantitative estimate of drug-likeness (QED) is 0.786. The monoisotopic (exact) mass is 307 g/mol. The van der Waals surface area contributed by atoms with Crippen LogP contribution in [0.1, 0.15) is 28.7 Å². The maximum Gasteiger partial charge on any atom is 0.251 e. The van der Waals surface area contributed by atoms with Crippen molar-refractivity contribution in [1.29, 1.82) is 0 Å². The number of hydrogen-bond acceptors (Lipinski definition) is 2. The van der Waals surface area contributed by atoms with Crippen molar-refractivity contribution in [2.75, 3.05) is 6.54 Å². The molecule has 1 N–H and O–H groups in total. The molecule has 1 amide bonds. The van der Waals surface area contributed by atoms with Gasteiger partial charge in [-0.3, -0.25) is 4.79 Å². The van der Waals surface area contributed by atoms with Gasteiger partial charge in [0.2, 0.25) is 0 Å². The molecule has 0 aliphatic heterocycles. The normalized spacial score (nSPS) is 10.9. The Morgan fingerprint density at radius 1 is 1.13 bits per heavy atom. The highest BCUT2D eigenvalue weighted by molar-refractivity contribution is 5.94. The number of imidazole rings is 1. The van der Waals surface area contributed by atoms with Crippen molar-refractivity contribution < 1.29 is 4.79 Å². The van der Waals surface area contributed by atoms with Crippen LogP contribution in [0.3, 0.4) is 0 Å². The number of benzene rings is 2. The number of aromatic nitrogens is 2. The molecule has 0 spiro atoms. The van der Waals surface area contributed by atoms with Gasteiger partial charge < -0.3 is 9.88 Å². The molecule has 3 aromatic rings. The van der Waals surface area contributed by atoms with E-state index in [0.29, 0.717) is 18.7 Å². The van der Waals surface area contributed by atoms with Gasteiger partial charge in [0.25, 0.3) is 5.91 Å². The molecule has 0 radical (unpaired) electrons. The van der Waals surface area contributed by atoms with Crippen molar-refractivity contribution >= 4 is 16.9 Å². The number of fused-ring (bicyclic) bond motifs is 1. The molecule has 0 fully saturated rings. The minimum absolute atomic E-state index is 0.0327. The van der Waals surface area contributed by atoms with Gasteiger partial charge in [-0.1, -0.05) is 31.2 Å². The number of nitrogens with zero attached hydrogens (tertiary/aromatic N) is 2. The van der Waals surface area contributed by atoms with Crippen molar-refractivity contribution in [3.63, 3.8) is 0 Å². The van der Waals surface area contributed by atoms with Gasteiger partial charge in [-0.05, 0) is 43.2 Å². The predicted octanol–water partition coefficient (Wildman–Crippen LogP) is 3.34. The lowest BCUT2D eigenvalue weighted by Gasteiger charge is -2.09. The zero-order valence-corrected chi connectivity index (χ0v) is 13.5. The molecule has 0 saturated carbocycles. The third-order valence-corrected chi connectivity index (χ3v) is 4.09. The van der Waals surface area contributed by atoms with Crippen molar-refractivity contribution in [3.05, 3.63) is 65.5 Å². The summed E-state index contributed by atoms with van der Waals surface area (Å²) in [5, 5.41) is 2.98. The van der Waals surface area contributed by atoms with Gasteiger partial charge in [-0.25, -0.2) is 4.98 Å². The summed E-state index contributed by atoms with van der Waals surface area (Å²) in [4.78, 5) is 16.7. The summed E-state index contributed by atoms with van der Waals surface area (Å²) in [6, 6.07) is 15.8. The van der Waals surface area contributed by atoms with E-state index in [4.69, 9.17) is 0 Å². The largest absolute Gasteiger partial charge is 0.350 e. The maximum absolute atomic E-state index is 12.2. The number of hydrogen-bond donors (Lipinski definition) is 1. The van der Waals surface area contributed by atoms with Crippen molar-refractivity contribution in [3.8, 4) is 0 Å². The van der Waals surface area contributed by atoms with Gasteiger partial charge in [-0.2, -0.15) is 0 Å². The molecule has 2 aromatic carbocycles. The van der Waals surface area contributed by atoms with Crippen molar-refractivity contribution in [2.45, 2.75) is 26.8 Å². The van der Waals surface area contributed by atoms with E-state index in [-0.39, 0.29) is 5.91 Å². The Morgan fingerprint density at radius 3 is 2.61 bits per heavy atom. The number of amides is 1. The zero-order chi connectivity index (χ0) is 16.2. The van der Waals surface area contributed by atoms with Gasteiger partial charge in [0.15, 0.2) is 0 Å². The number of carbonyl (C=O) groups excluding carboxylic acids is 1. The van der Waals surface area contributed by atoms with Crippen LogP contribution in [0.4, 0.5) is 0 Å². The van der Waals surface area contributed by atoms with Gasteiger partial charge in [0.1, 0.15) is 5.82 Å². The third kappa shape index (κ3) is 3.26. The zero-order valence-electron chi connectivity index (χ0n) is 13.5. The average Bonchev–Trinajstić information content (AvgIpc) is 2.90. The molecule has 4 nitrogen and oxygen atoms in total. The van der Waals surface area contributed by atoms with E-state index in [1.165, 1.54) is 5.56 Å². The summed E-state index contributed by atoms with van der Waals surface area (Å²) in [5.41, 5.74) is 4.04. The molecule has 0 atom stereocenters. The van der Waals surface area contributed by atoms with Gasteiger partial charge in [0.05, 0.1) is 11.0 Å². The fourth-order valence-electron chi connectivity index (χ4n) is 2.75. The van der Waals surface area contributed by atoms with Gasteiger partial charge in [0, 0.05) is 18.7 Å². The third-order valence-electron chi connectivity index (χ3n) is 4.09. The Kier molecular flexibility index (Phi) is 4.42. The summed E-state index contributed by atoms with van der Waals surface area (Å²) in [5.74, 6) is 0.933. The van der Waals surface area contributed by atoms with E-state index >= 15 is 0 Å². The molecular weight excluding hydrogens is 286 g/mol. The SMILES string of the molecule is CCc1ccc(C(=O)NCCn2c(C)nc3ccccc32)cc1. The van der Waals surface area contributed by atoms with Crippen LogP contribution in [0, 0.1) is 6.92 Å². The summed E-state index contributed by atoms with van der Waals surface area (Å²) in [6.45, 7) is 5.39. The van der Waals surface area contributed by atoms with E-state index in [9.17, 15) is 4.79 Å². The molecule has 1 heterocycles. The van der Waals surface area contributed by atoms with Gasteiger partial charge >= 0.3 is 0 Å². The molecule has 0 unspecified atom stereocenters. The summed E-state index contributed by atoms with van der Waals surface area (Å²) in [6.07, 6.45) is 0.981. The lowest BCUT2D eigenvalue weighted by Crippen LogP contribution is -2.27. The number of nitrogens with one attached hydrogen (secondary N) is 1. The van der Waals surface area contributed by atoms with Crippen LogP contribution in [0.25, 0.3) is 11.0 Å². The first-order chi connectivity index (χ1) is 11.2. The molecule has 118 valence electrons. The second kappa shape index (κ2) is 6.65. The van der Waals surface area contributed by atoms with E-state index < -0.39 is 0 Å². The van der Waals surface area contributed by atoms with Crippen LogP contribution in [0.2, 0.25) is 0 Å². The average molecular weight is 307 g/mol. The highest BCUT2D eigenvalue weighted by atomic mass is 16.1. The standard InChI is InChI=1S/C19H21N3O/c1-3-15-8-10-16(11-9-15)19(23)20-12-13-22-14(2)21-17-6-4-5-7-18(17)22/h4-11H,3,12-13H2,1-2H3,(H,20,23). The van der Waals surface area contributed by atoms with Crippen LogP contribution in [-0.2, 0) is 13.0 Å². The first-order valence-electron chi connectivity index (χ1n) is 7.98. The lowest BCUT2D eigenvalue weighted by atomic mass is 10.1. The summed E-state index contributed by atoms with van der Waals surface area (Å²) >= 11 is 0. The topological polar surface area (TPSA) is 46.9 Å². The fraction of sp³-hybridized carbons (Fsp3) is 0.263. The lowest BCUT2D eigenvalue weighted by molar-refractivity contribution is 0.0952. The second-order valence-corrected chi connectivity index (χ2v) is 5.61. The first-order valence-corrected chi connectivity index (χ1v) is 7.98. The molecule has 0 aliphatic rings. The van der Waals surface area contributed by atoms with Gasteiger partial charge in [-0.15, -0.1) is 0 Å². The predicted molar refractivity (Wildman–Crippen MR) is 92.6 cm³/mol. The Bertz CT molecular complexity index is 818. The maximum atomic E-state index is 12.2. The fourth-order valence-corrected chi connectivity index (χ4v) is 2.75. The summed E-state index contributed by atoms with van der Waals surface area (Å²) < 4.78 is 2.13. The molecule has 3 rings (SSSR count). The molecule has 0 bridgehead atoms. The van der Waals surface area contributed by atoms with Crippen molar-refractivity contribution in [2.24, 2.45) is 0 Å². The van der Waals surface area contributed by atoms with Crippen LogP contribution >= 0.6 is 0 Å². The van der Waals surface area contributed by atoms with Crippen LogP contribution in [0.15, 0.2) is 48.5 Å². The minimum Gasteiger partial charge on any atom is -0.350 e.